The summed E-state index contributed by atoms with van der Waals surface area (Å²) in [5.41, 5.74) is 3.23. The molecule has 0 amide bonds. The maximum absolute atomic E-state index is 6.22. The van der Waals surface area contributed by atoms with E-state index in [0.717, 1.165) is 33.9 Å². The van der Waals surface area contributed by atoms with Gasteiger partial charge in [0.05, 0.1) is 0 Å². The minimum absolute atomic E-state index is 0.883. The van der Waals surface area contributed by atoms with E-state index >= 15 is 0 Å². The Hall–Kier alpha value is -2.90. The van der Waals surface area contributed by atoms with Gasteiger partial charge in [-0.1, -0.05) is 34.9 Å². The van der Waals surface area contributed by atoms with Gasteiger partial charge in [-0.15, -0.1) is 0 Å². The van der Waals surface area contributed by atoms with Crippen LogP contribution in [0.15, 0.2) is 54.6 Å². The number of para-hydroxylation sites is 1. The quantitative estimate of drug-likeness (QED) is 0.437. The molecule has 3 aromatic rings. The molecule has 21 heavy (non-hydrogen) atoms. The van der Waals surface area contributed by atoms with Gasteiger partial charge in [-0.05, 0) is 22.1 Å². The molecule has 2 heterocycles. The van der Waals surface area contributed by atoms with Gasteiger partial charge < -0.3 is 4.74 Å². The van der Waals surface area contributed by atoms with Gasteiger partial charge in [0.15, 0.2) is 7.05 Å². The van der Waals surface area contributed by atoms with Crippen LogP contribution in [0.3, 0.4) is 0 Å². The van der Waals surface area contributed by atoms with Crippen LogP contribution >= 0.6 is 0 Å². The highest BCUT2D eigenvalue weighted by Crippen LogP contribution is 2.51. The Morgan fingerprint density at radius 3 is 2.76 bits per heavy atom. The smallest absolute Gasteiger partial charge is 0.442 e. The highest BCUT2D eigenvalue weighted by molar-refractivity contribution is 5.97. The first-order chi connectivity index (χ1) is 10.3. The molecule has 0 radical (unpaired) electrons. The maximum atomic E-state index is 6.22. The van der Waals surface area contributed by atoms with Crippen molar-refractivity contribution < 1.29 is 9.31 Å². The number of hydrogen-bond donors (Lipinski definition) is 0. The lowest BCUT2D eigenvalue weighted by atomic mass is 10.1. The highest BCUT2D eigenvalue weighted by atomic mass is 16.5. The predicted octanol–water partition coefficient (Wildman–Crippen LogP) is 4.24. The van der Waals surface area contributed by atoms with Gasteiger partial charge in [0.1, 0.15) is 0 Å². The van der Waals surface area contributed by atoms with E-state index in [9.17, 15) is 0 Å². The zero-order valence-corrected chi connectivity index (χ0v) is 11.5. The summed E-state index contributed by atoms with van der Waals surface area (Å²) in [4.78, 5) is 0. The molecule has 2 aliphatic rings. The molecule has 5 rings (SSSR count). The molecule has 0 aliphatic carbocycles. The topological polar surface area (TPSA) is 15.2 Å². The predicted molar refractivity (Wildman–Crippen MR) is 82.8 cm³/mol. The number of hydrogen-bond acceptors (Lipinski definition) is 1. The summed E-state index contributed by atoms with van der Waals surface area (Å²) >= 11 is 0. The molecule has 0 N–H and O–H groups in total. The van der Waals surface area contributed by atoms with Gasteiger partial charge in [0.25, 0.3) is 11.4 Å². The van der Waals surface area contributed by atoms with E-state index in [1.54, 1.807) is 0 Å². The Labute approximate surface area is 121 Å². The lowest BCUT2D eigenvalue weighted by Crippen LogP contribution is -2.08. The maximum Gasteiger partial charge on any atom is 0.496 e. The van der Waals surface area contributed by atoms with Crippen molar-refractivity contribution in [1.82, 2.24) is 4.58 Å². The lowest BCUT2D eigenvalue weighted by Gasteiger charge is -2.14. The number of benzene rings is 3. The van der Waals surface area contributed by atoms with Crippen LogP contribution in [0.2, 0.25) is 0 Å². The first-order valence-electron chi connectivity index (χ1n) is 6.96. The summed E-state index contributed by atoms with van der Waals surface area (Å²) in [7, 11) is 2.01. The van der Waals surface area contributed by atoms with Crippen molar-refractivity contribution in [3.8, 4) is 11.5 Å². The SMILES string of the molecule is C[N+]1=C=[N+]2c3ccc4ccccc4c3Oc3cccc1c32. The van der Waals surface area contributed by atoms with Gasteiger partial charge in [0, 0.05) is 17.5 Å². The average molecular weight is 272 g/mol. The van der Waals surface area contributed by atoms with E-state index in [1.807, 2.05) is 35.9 Å². The third-order valence-electron chi connectivity index (χ3n) is 4.12. The van der Waals surface area contributed by atoms with Gasteiger partial charge >= 0.3 is 11.7 Å². The largest absolute Gasteiger partial charge is 0.496 e. The minimum atomic E-state index is 0.883. The van der Waals surface area contributed by atoms with Crippen LogP contribution in [0.5, 0.6) is 11.5 Å². The van der Waals surface area contributed by atoms with E-state index < -0.39 is 0 Å². The van der Waals surface area contributed by atoms with Crippen LogP contribution in [-0.4, -0.2) is 17.6 Å². The van der Waals surface area contributed by atoms with Crippen LogP contribution < -0.4 is 9.31 Å². The molecule has 0 bridgehead atoms. The van der Waals surface area contributed by atoms with Crippen LogP contribution in [0, 0.1) is 0 Å². The molecule has 3 nitrogen and oxygen atoms in total. The van der Waals surface area contributed by atoms with Gasteiger partial charge in [-0.25, -0.2) is 0 Å². The third-order valence-corrected chi connectivity index (χ3v) is 4.12. The Morgan fingerprint density at radius 2 is 1.81 bits per heavy atom. The monoisotopic (exact) mass is 272 g/mol. The molecule has 2 aliphatic heterocycles. The van der Waals surface area contributed by atoms with Gasteiger partial charge in [0.2, 0.25) is 11.5 Å². The molecule has 3 aromatic carbocycles. The molecule has 0 unspecified atom stereocenters. The van der Waals surface area contributed by atoms with E-state index in [4.69, 9.17) is 4.74 Å². The van der Waals surface area contributed by atoms with Crippen LogP contribution in [0.4, 0.5) is 17.1 Å². The van der Waals surface area contributed by atoms with E-state index in [-0.39, 0.29) is 0 Å². The van der Waals surface area contributed by atoms with Crippen LogP contribution in [0.25, 0.3) is 10.8 Å². The Balaban J connectivity index is 1.93. The Kier molecular flexibility index (Phi) is 1.86. The number of fused-ring (bicyclic) bond motifs is 4. The molecule has 98 valence electrons. The van der Waals surface area contributed by atoms with Gasteiger partial charge in [-0.3, -0.25) is 0 Å². The molecule has 0 aromatic heterocycles. The lowest BCUT2D eigenvalue weighted by molar-refractivity contribution is -0.394. The zero-order valence-electron chi connectivity index (χ0n) is 11.5. The minimum Gasteiger partial charge on any atom is -0.442 e. The number of ether oxygens (including phenoxy) is 1. The standard InChI is InChI=1S/C18H12N2O/c1-19-11-20-15-10-9-12-5-2-3-6-13(12)18(15)21-16-8-4-7-14(19)17(16)20/h2-10H,1H3/q+2. The summed E-state index contributed by atoms with van der Waals surface area (Å²) < 4.78 is 10.3. The molecule has 3 heteroatoms. The van der Waals surface area contributed by atoms with Gasteiger partial charge in [-0.2, -0.15) is 0 Å². The van der Waals surface area contributed by atoms with E-state index in [2.05, 4.69) is 40.9 Å². The van der Waals surface area contributed by atoms with Crippen molar-refractivity contribution in [3.63, 3.8) is 0 Å². The van der Waals surface area contributed by atoms with E-state index in [0.29, 0.717) is 0 Å². The average Bonchev–Trinajstić information content (AvgIpc) is 2.86. The molecule has 0 spiro atoms. The van der Waals surface area contributed by atoms with E-state index in [1.165, 1.54) is 5.39 Å². The molecule has 0 saturated heterocycles. The summed E-state index contributed by atoms with van der Waals surface area (Å²) in [5.74, 6) is 1.79. The first kappa shape index (κ1) is 10.8. The Morgan fingerprint density at radius 1 is 0.905 bits per heavy atom. The summed E-state index contributed by atoms with van der Waals surface area (Å²) in [6.45, 7) is 0. The molecular formula is C18H12N2O+2. The van der Waals surface area contributed by atoms with Crippen LogP contribution in [-0.2, 0) is 0 Å². The van der Waals surface area contributed by atoms with Crippen molar-refractivity contribution in [2.45, 2.75) is 0 Å². The summed E-state index contributed by atoms with van der Waals surface area (Å²) in [5, 5.41) is 2.31. The molecule has 0 saturated carbocycles. The second-order valence-corrected chi connectivity index (χ2v) is 5.36. The van der Waals surface area contributed by atoms with Crippen molar-refractivity contribution in [3.05, 3.63) is 54.6 Å². The van der Waals surface area contributed by atoms with Crippen molar-refractivity contribution in [2.24, 2.45) is 0 Å². The highest BCUT2D eigenvalue weighted by Gasteiger charge is 2.42. The number of rotatable bonds is 0. The molecular weight excluding hydrogens is 260 g/mol. The summed E-state index contributed by atoms with van der Waals surface area (Å²) in [6, 6.07) is 22.0. The second-order valence-electron chi connectivity index (χ2n) is 5.36. The normalized spacial score (nSPS) is 14.1. The van der Waals surface area contributed by atoms with Crippen molar-refractivity contribution >= 4 is 33.8 Å². The zero-order chi connectivity index (χ0) is 14.0. The molecule has 0 atom stereocenters. The molecule has 0 fully saturated rings. The van der Waals surface area contributed by atoms with Crippen molar-refractivity contribution in [1.29, 1.82) is 0 Å². The number of nitrogens with zero attached hydrogens (tertiary/aromatic N) is 2. The van der Waals surface area contributed by atoms with Crippen LogP contribution in [0.1, 0.15) is 0 Å². The first-order valence-corrected chi connectivity index (χ1v) is 6.96. The second kappa shape index (κ2) is 3.60. The fourth-order valence-corrected chi connectivity index (χ4v) is 3.14. The fourth-order valence-electron chi connectivity index (χ4n) is 3.14. The third kappa shape index (κ3) is 1.28. The fraction of sp³-hybridized carbons (Fsp3) is 0.0556. The summed E-state index contributed by atoms with van der Waals surface area (Å²) in [6.07, 6.45) is 0. The van der Waals surface area contributed by atoms with Crippen molar-refractivity contribution in [2.75, 3.05) is 7.05 Å². The Bertz CT molecular complexity index is 1010.